The molecular formula is C17H15NO. The van der Waals surface area contributed by atoms with Gasteiger partial charge < -0.3 is 4.74 Å². The first-order chi connectivity index (χ1) is 9.24. The van der Waals surface area contributed by atoms with Gasteiger partial charge in [0, 0.05) is 11.5 Å². The average molecular weight is 249 g/mol. The van der Waals surface area contributed by atoms with Crippen LogP contribution in [-0.4, -0.2) is 4.98 Å². The van der Waals surface area contributed by atoms with Gasteiger partial charge in [0.1, 0.15) is 5.75 Å². The summed E-state index contributed by atoms with van der Waals surface area (Å²) in [6, 6.07) is 18.0. The van der Waals surface area contributed by atoms with Crippen molar-refractivity contribution in [2.75, 3.05) is 0 Å². The lowest BCUT2D eigenvalue weighted by Crippen LogP contribution is -1.92. The highest BCUT2D eigenvalue weighted by Crippen LogP contribution is 2.26. The van der Waals surface area contributed by atoms with Crippen molar-refractivity contribution < 1.29 is 4.74 Å². The van der Waals surface area contributed by atoms with Crippen LogP contribution in [0.2, 0.25) is 0 Å². The van der Waals surface area contributed by atoms with Crippen LogP contribution in [0.4, 0.5) is 0 Å². The molecule has 2 nitrogen and oxygen atoms in total. The van der Waals surface area contributed by atoms with Gasteiger partial charge >= 0.3 is 0 Å². The zero-order valence-electron chi connectivity index (χ0n) is 11.1. The number of fused-ring (bicyclic) bond motifs is 1. The summed E-state index contributed by atoms with van der Waals surface area (Å²) in [6.07, 6.45) is 0. The maximum atomic E-state index is 5.89. The number of ether oxygens (including phenoxy) is 1. The first-order valence-electron chi connectivity index (χ1n) is 6.34. The number of pyridine rings is 1. The minimum absolute atomic E-state index is 0.644. The molecule has 0 radical (unpaired) electrons. The first-order valence-corrected chi connectivity index (χ1v) is 6.34. The molecule has 2 heteroatoms. The third-order valence-electron chi connectivity index (χ3n) is 3.21. The summed E-state index contributed by atoms with van der Waals surface area (Å²) in [6.45, 7) is 4.11. The van der Waals surface area contributed by atoms with Crippen molar-refractivity contribution >= 4 is 10.9 Å². The Morgan fingerprint density at radius 3 is 2.42 bits per heavy atom. The van der Waals surface area contributed by atoms with E-state index in [2.05, 4.69) is 18.0 Å². The predicted molar refractivity (Wildman–Crippen MR) is 77.7 cm³/mol. The Bertz CT molecular complexity index is 734. The van der Waals surface area contributed by atoms with E-state index < -0.39 is 0 Å². The minimum Gasteiger partial charge on any atom is -0.439 e. The van der Waals surface area contributed by atoms with Gasteiger partial charge in [-0.1, -0.05) is 36.4 Å². The molecule has 0 aliphatic heterocycles. The fraction of sp³-hybridized carbons (Fsp3) is 0.118. The molecule has 94 valence electrons. The molecule has 19 heavy (non-hydrogen) atoms. The van der Waals surface area contributed by atoms with E-state index in [4.69, 9.17) is 4.74 Å². The van der Waals surface area contributed by atoms with Gasteiger partial charge in [0.25, 0.3) is 0 Å². The van der Waals surface area contributed by atoms with Crippen LogP contribution in [0.1, 0.15) is 11.1 Å². The highest BCUT2D eigenvalue weighted by Gasteiger charge is 2.05. The zero-order valence-corrected chi connectivity index (χ0v) is 11.1. The number of nitrogens with zero attached hydrogens (tertiary/aromatic N) is 1. The number of hydrogen-bond acceptors (Lipinski definition) is 2. The SMILES string of the molecule is Cc1ccccc1Oc1cc(C)c2ccccc2n1. The Hall–Kier alpha value is -2.35. The van der Waals surface area contributed by atoms with Crippen molar-refractivity contribution in [3.63, 3.8) is 0 Å². The summed E-state index contributed by atoms with van der Waals surface area (Å²) >= 11 is 0. The number of benzene rings is 2. The van der Waals surface area contributed by atoms with E-state index in [9.17, 15) is 0 Å². The second-order valence-electron chi connectivity index (χ2n) is 4.66. The Morgan fingerprint density at radius 1 is 0.842 bits per heavy atom. The van der Waals surface area contributed by atoms with Gasteiger partial charge in [0.2, 0.25) is 5.88 Å². The Labute approximate surface area is 112 Å². The average Bonchev–Trinajstić information content (AvgIpc) is 2.42. The van der Waals surface area contributed by atoms with Crippen molar-refractivity contribution in [3.8, 4) is 11.6 Å². The van der Waals surface area contributed by atoms with Gasteiger partial charge in [-0.05, 0) is 37.1 Å². The molecule has 0 saturated heterocycles. The van der Waals surface area contributed by atoms with Gasteiger partial charge in [-0.25, -0.2) is 4.98 Å². The molecule has 0 fully saturated rings. The van der Waals surface area contributed by atoms with Crippen LogP contribution in [0.3, 0.4) is 0 Å². The number of rotatable bonds is 2. The van der Waals surface area contributed by atoms with Gasteiger partial charge in [-0.15, -0.1) is 0 Å². The Kier molecular flexibility index (Phi) is 2.92. The summed E-state index contributed by atoms with van der Waals surface area (Å²) in [4.78, 5) is 4.55. The van der Waals surface area contributed by atoms with E-state index in [0.717, 1.165) is 16.8 Å². The van der Waals surface area contributed by atoms with Crippen molar-refractivity contribution in [1.29, 1.82) is 0 Å². The second kappa shape index (κ2) is 4.73. The standard InChI is InChI=1S/C17H15NO/c1-12-7-3-6-10-16(12)19-17-11-13(2)14-8-4-5-9-15(14)18-17/h3-11H,1-2H3. The van der Waals surface area contributed by atoms with Crippen molar-refractivity contribution in [2.45, 2.75) is 13.8 Å². The van der Waals surface area contributed by atoms with Crippen molar-refractivity contribution in [2.24, 2.45) is 0 Å². The molecule has 0 N–H and O–H groups in total. The first kappa shape index (κ1) is 11.7. The van der Waals surface area contributed by atoms with E-state index >= 15 is 0 Å². The molecule has 0 amide bonds. The molecule has 2 aromatic carbocycles. The highest BCUT2D eigenvalue weighted by atomic mass is 16.5. The molecule has 1 aromatic heterocycles. The van der Waals surface area contributed by atoms with Crippen LogP contribution in [0.15, 0.2) is 54.6 Å². The summed E-state index contributed by atoms with van der Waals surface area (Å²) in [5.41, 5.74) is 3.25. The molecule has 0 saturated carbocycles. The summed E-state index contributed by atoms with van der Waals surface area (Å²) < 4.78 is 5.89. The number of aryl methyl sites for hydroxylation is 2. The third-order valence-corrected chi connectivity index (χ3v) is 3.21. The number of para-hydroxylation sites is 2. The summed E-state index contributed by atoms with van der Waals surface area (Å²) in [5, 5.41) is 1.17. The molecule has 0 aliphatic carbocycles. The molecular weight excluding hydrogens is 234 g/mol. The molecule has 1 heterocycles. The predicted octanol–water partition coefficient (Wildman–Crippen LogP) is 4.64. The van der Waals surface area contributed by atoms with Crippen LogP contribution < -0.4 is 4.74 Å². The second-order valence-corrected chi connectivity index (χ2v) is 4.66. The fourth-order valence-electron chi connectivity index (χ4n) is 2.15. The highest BCUT2D eigenvalue weighted by molar-refractivity contribution is 5.82. The maximum absolute atomic E-state index is 5.89. The van der Waals surface area contributed by atoms with Crippen LogP contribution in [0, 0.1) is 13.8 Å². The normalized spacial score (nSPS) is 10.6. The smallest absolute Gasteiger partial charge is 0.220 e. The summed E-state index contributed by atoms with van der Waals surface area (Å²) in [7, 11) is 0. The number of hydrogen-bond donors (Lipinski definition) is 0. The lowest BCUT2D eigenvalue weighted by atomic mass is 10.1. The van der Waals surface area contributed by atoms with Crippen molar-refractivity contribution in [3.05, 3.63) is 65.7 Å². The van der Waals surface area contributed by atoms with Gasteiger partial charge in [-0.3, -0.25) is 0 Å². The zero-order chi connectivity index (χ0) is 13.2. The minimum atomic E-state index is 0.644. The quantitative estimate of drug-likeness (QED) is 0.659. The molecule has 0 unspecified atom stereocenters. The lowest BCUT2D eigenvalue weighted by Gasteiger charge is -2.09. The molecule has 0 spiro atoms. The van der Waals surface area contributed by atoms with Crippen LogP contribution in [-0.2, 0) is 0 Å². The number of aromatic nitrogens is 1. The van der Waals surface area contributed by atoms with Crippen LogP contribution >= 0.6 is 0 Å². The van der Waals surface area contributed by atoms with Gasteiger partial charge in [-0.2, -0.15) is 0 Å². The lowest BCUT2D eigenvalue weighted by molar-refractivity contribution is 0.461. The van der Waals surface area contributed by atoms with E-state index in [1.807, 2.05) is 55.5 Å². The monoisotopic (exact) mass is 249 g/mol. The largest absolute Gasteiger partial charge is 0.439 e. The van der Waals surface area contributed by atoms with E-state index in [0.29, 0.717) is 5.88 Å². The molecule has 3 aromatic rings. The van der Waals surface area contributed by atoms with E-state index in [1.165, 1.54) is 10.9 Å². The van der Waals surface area contributed by atoms with Gasteiger partial charge in [0.05, 0.1) is 5.52 Å². The van der Waals surface area contributed by atoms with Crippen LogP contribution in [0.25, 0.3) is 10.9 Å². The molecule has 0 bridgehead atoms. The third kappa shape index (κ3) is 2.29. The van der Waals surface area contributed by atoms with Crippen molar-refractivity contribution in [1.82, 2.24) is 4.98 Å². The molecule has 0 atom stereocenters. The maximum Gasteiger partial charge on any atom is 0.220 e. The molecule has 0 aliphatic rings. The van der Waals surface area contributed by atoms with Crippen LogP contribution in [0.5, 0.6) is 11.6 Å². The Morgan fingerprint density at radius 2 is 1.58 bits per heavy atom. The topological polar surface area (TPSA) is 22.1 Å². The van der Waals surface area contributed by atoms with Gasteiger partial charge in [0.15, 0.2) is 0 Å². The summed E-state index contributed by atoms with van der Waals surface area (Å²) in [5.74, 6) is 1.50. The molecule has 3 rings (SSSR count). The Balaban J connectivity index is 2.04. The fourth-order valence-corrected chi connectivity index (χ4v) is 2.15. The van der Waals surface area contributed by atoms with E-state index in [-0.39, 0.29) is 0 Å². The van der Waals surface area contributed by atoms with E-state index in [1.54, 1.807) is 0 Å².